The summed E-state index contributed by atoms with van der Waals surface area (Å²) in [6.07, 6.45) is 8.85. The highest BCUT2D eigenvalue weighted by Gasteiger charge is 2.52. The van der Waals surface area contributed by atoms with Crippen molar-refractivity contribution < 1.29 is 29.2 Å². The zero-order chi connectivity index (χ0) is 24.6. The van der Waals surface area contributed by atoms with Gasteiger partial charge >= 0.3 is 0 Å². The molecule has 0 aromatic carbocycles. The van der Waals surface area contributed by atoms with Crippen molar-refractivity contribution in [3.63, 3.8) is 0 Å². The van der Waals surface area contributed by atoms with Crippen LogP contribution in [0, 0.1) is 23.2 Å². The second-order valence-corrected chi connectivity index (χ2v) is 11.3. The maximum atomic E-state index is 14.4. The molecule has 3 aliphatic rings. The number of halogens is 2. The van der Waals surface area contributed by atoms with Crippen LogP contribution in [0.2, 0.25) is 0 Å². The van der Waals surface area contributed by atoms with Crippen LogP contribution in [0.25, 0.3) is 0 Å². The maximum absolute atomic E-state index is 14.4. The second kappa shape index (κ2) is 9.88. The van der Waals surface area contributed by atoms with Crippen molar-refractivity contribution in [2.24, 2.45) is 23.2 Å². The van der Waals surface area contributed by atoms with E-state index in [2.05, 4.69) is 26.5 Å². The number of aliphatic hydroxyl groups is 4. The molecule has 4 N–H and O–H groups in total. The number of allylic oxidation sites excluding steroid dienone is 3. The first-order chi connectivity index (χ1) is 15.3. The molecule has 6 heteroatoms. The molecule has 3 fully saturated rings. The Balaban J connectivity index is 1.72. The minimum atomic E-state index is -3.32. The SMILES string of the molecule is C=C1/C(=C\C=C2CCC[C@@]3(C)C2CC[C@@H]3[C@H](C)CCC(F)(F)C(C)(O)CO)C[C@@H](O)C[C@H]1O. The van der Waals surface area contributed by atoms with Gasteiger partial charge in [0.25, 0.3) is 5.92 Å². The smallest absolute Gasteiger partial charge is 0.278 e. The van der Waals surface area contributed by atoms with Crippen LogP contribution >= 0.6 is 0 Å². The first-order valence-electron chi connectivity index (χ1n) is 12.5. The molecule has 7 atom stereocenters. The fourth-order valence-electron chi connectivity index (χ4n) is 6.67. The summed E-state index contributed by atoms with van der Waals surface area (Å²) in [4.78, 5) is 0. The van der Waals surface area contributed by atoms with Crippen LogP contribution in [0.15, 0.2) is 35.5 Å². The molecule has 3 saturated carbocycles. The van der Waals surface area contributed by atoms with E-state index in [1.807, 2.05) is 6.08 Å². The van der Waals surface area contributed by atoms with E-state index in [0.717, 1.165) is 44.6 Å². The average Bonchev–Trinajstić information content (AvgIpc) is 3.11. The summed E-state index contributed by atoms with van der Waals surface area (Å²) in [5.74, 6) is -2.48. The highest BCUT2D eigenvalue weighted by atomic mass is 19.3. The largest absolute Gasteiger partial charge is 0.393 e. The molecule has 2 unspecified atom stereocenters. The van der Waals surface area contributed by atoms with Gasteiger partial charge in [0.05, 0.1) is 18.8 Å². The summed E-state index contributed by atoms with van der Waals surface area (Å²) in [6, 6.07) is 0. The summed E-state index contributed by atoms with van der Waals surface area (Å²) < 4.78 is 28.9. The lowest BCUT2D eigenvalue weighted by Gasteiger charge is -2.44. The van der Waals surface area contributed by atoms with E-state index in [0.29, 0.717) is 36.7 Å². The molecule has 0 bridgehead atoms. The Kier molecular flexibility index (Phi) is 7.94. The van der Waals surface area contributed by atoms with Crippen LogP contribution in [-0.2, 0) is 0 Å². The minimum Gasteiger partial charge on any atom is -0.393 e. The number of rotatable bonds is 7. The van der Waals surface area contributed by atoms with E-state index in [4.69, 9.17) is 5.11 Å². The monoisotopic (exact) mass is 468 g/mol. The molecule has 3 rings (SSSR count). The quantitative estimate of drug-likeness (QED) is 0.427. The fraction of sp³-hybridized carbons (Fsp3) is 0.778. The van der Waals surface area contributed by atoms with Crippen molar-refractivity contribution in [3.05, 3.63) is 35.5 Å². The summed E-state index contributed by atoms with van der Waals surface area (Å²) in [6.45, 7) is 8.40. The van der Waals surface area contributed by atoms with Crippen molar-refractivity contribution in [1.29, 1.82) is 0 Å². The van der Waals surface area contributed by atoms with Crippen LogP contribution < -0.4 is 0 Å². The highest BCUT2D eigenvalue weighted by Crippen LogP contribution is 2.60. The van der Waals surface area contributed by atoms with E-state index < -0.39 is 36.8 Å². The maximum Gasteiger partial charge on any atom is 0.278 e. The van der Waals surface area contributed by atoms with Gasteiger partial charge in [-0.1, -0.05) is 38.2 Å². The first-order valence-corrected chi connectivity index (χ1v) is 12.5. The Morgan fingerprint density at radius 1 is 1.24 bits per heavy atom. The number of hydrogen-bond donors (Lipinski definition) is 4. The zero-order valence-corrected chi connectivity index (χ0v) is 20.4. The minimum absolute atomic E-state index is 0.0550. The summed E-state index contributed by atoms with van der Waals surface area (Å²) >= 11 is 0. The first kappa shape index (κ1) is 26.5. The van der Waals surface area contributed by atoms with Crippen molar-refractivity contribution in [3.8, 4) is 0 Å². The van der Waals surface area contributed by atoms with Gasteiger partial charge in [-0.3, -0.25) is 0 Å². The van der Waals surface area contributed by atoms with Gasteiger partial charge in [0, 0.05) is 12.8 Å². The molecule has 0 saturated heterocycles. The molecule has 0 heterocycles. The fourth-order valence-corrected chi connectivity index (χ4v) is 6.67. The summed E-state index contributed by atoms with van der Waals surface area (Å²) in [7, 11) is 0. The second-order valence-electron chi connectivity index (χ2n) is 11.3. The topological polar surface area (TPSA) is 80.9 Å². The van der Waals surface area contributed by atoms with Gasteiger partial charge in [-0.2, -0.15) is 0 Å². The molecule has 0 amide bonds. The molecule has 0 radical (unpaired) electrons. The Morgan fingerprint density at radius 2 is 1.94 bits per heavy atom. The van der Waals surface area contributed by atoms with Crippen LogP contribution in [0.4, 0.5) is 8.78 Å². The third-order valence-electron chi connectivity index (χ3n) is 9.00. The Hall–Kier alpha value is -1.08. The molecule has 0 aromatic rings. The standard InChI is InChI=1S/C27H42F2O4/c1-17(11-13-27(28,29)26(4,33)16-30)22-9-10-23-19(6-5-12-25(22,23)3)7-8-20-14-21(31)15-24(32)18(20)2/h7-8,17,21-24,30-33H,2,5-6,9-16H2,1,3-4H3/b19-7?,20-8-/t17-,21-,22-,23?,24-,25-,26?/m1/s1. The molecule has 0 aromatic heterocycles. The van der Waals surface area contributed by atoms with Crippen LogP contribution in [-0.4, -0.2) is 50.8 Å². The van der Waals surface area contributed by atoms with Crippen LogP contribution in [0.3, 0.4) is 0 Å². The number of alkyl halides is 2. The predicted octanol–water partition coefficient (Wildman–Crippen LogP) is 4.92. The van der Waals surface area contributed by atoms with Crippen molar-refractivity contribution in [1.82, 2.24) is 0 Å². The average molecular weight is 469 g/mol. The lowest BCUT2D eigenvalue weighted by molar-refractivity contribution is -0.194. The number of fused-ring (bicyclic) bond motifs is 1. The molecular formula is C27H42F2O4. The lowest BCUT2D eigenvalue weighted by Crippen LogP contribution is -2.48. The van der Waals surface area contributed by atoms with E-state index >= 15 is 0 Å². The van der Waals surface area contributed by atoms with E-state index in [-0.39, 0.29) is 11.3 Å². The highest BCUT2D eigenvalue weighted by molar-refractivity contribution is 5.38. The van der Waals surface area contributed by atoms with Crippen molar-refractivity contribution >= 4 is 0 Å². The zero-order valence-electron chi connectivity index (χ0n) is 20.4. The Morgan fingerprint density at radius 3 is 2.61 bits per heavy atom. The van der Waals surface area contributed by atoms with Gasteiger partial charge in [-0.05, 0) is 86.2 Å². The molecule has 0 spiro atoms. The summed E-state index contributed by atoms with van der Waals surface area (Å²) in [5.41, 5.74) is 0.629. The third-order valence-corrected chi connectivity index (χ3v) is 9.00. The van der Waals surface area contributed by atoms with E-state index in [1.54, 1.807) is 0 Å². The van der Waals surface area contributed by atoms with Crippen LogP contribution in [0.5, 0.6) is 0 Å². The normalized spacial score (nSPS) is 38.4. The molecule has 0 aliphatic heterocycles. The van der Waals surface area contributed by atoms with Gasteiger partial charge in [0.1, 0.15) is 5.60 Å². The van der Waals surface area contributed by atoms with E-state index in [1.165, 1.54) is 5.57 Å². The summed E-state index contributed by atoms with van der Waals surface area (Å²) in [5, 5.41) is 39.1. The van der Waals surface area contributed by atoms with Gasteiger partial charge in [0.2, 0.25) is 0 Å². The molecule has 188 valence electrons. The van der Waals surface area contributed by atoms with Gasteiger partial charge < -0.3 is 20.4 Å². The van der Waals surface area contributed by atoms with Crippen molar-refractivity contribution in [2.45, 2.75) is 102 Å². The lowest BCUT2D eigenvalue weighted by atomic mass is 9.60. The van der Waals surface area contributed by atoms with Gasteiger partial charge in [0.15, 0.2) is 0 Å². The van der Waals surface area contributed by atoms with Crippen LogP contribution in [0.1, 0.15) is 78.6 Å². The van der Waals surface area contributed by atoms with Gasteiger partial charge in [-0.15, -0.1) is 0 Å². The Bertz CT molecular complexity index is 787. The van der Waals surface area contributed by atoms with E-state index in [9.17, 15) is 24.1 Å². The van der Waals surface area contributed by atoms with Crippen molar-refractivity contribution in [2.75, 3.05) is 6.61 Å². The molecule has 4 nitrogen and oxygen atoms in total. The number of hydrogen-bond acceptors (Lipinski definition) is 4. The molecule has 3 aliphatic carbocycles. The Labute approximate surface area is 197 Å². The molecular weight excluding hydrogens is 426 g/mol. The third kappa shape index (κ3) is 5.29. The molecule has 33 heavy (non-hydrogen) atoms. The predicted molar refractivity (Wildman–Crippen MR) is 126 cm³/mol. The van der Waals surface area contributed by atoms with Gasteiger partial charge in [-0.25, -0.2) is 8.78 Å². The number of aliphatic hydroxyl groups excluding tert-OH is 3.